The number of rotatable bonds is 4. The van der Waals surface area contributed by atoms with Crippen molar-refractivity contribution in [2.24, 2.45) is 0 Å². The number of H-pyrrole nitrogens is 1. The summed E-state index contributed by atoms with van der Waals surface area (Å²) in [6.07, 6.45) is 0.723. The largest absolute Gasteiger partial charge is 0.348 e. The van der Waals surface area contributed by atoms with Crippen LogP contribution in [0.5, 0.6) is 0 Å². The number of amides is 2. The minimum Gasteiger partial charge on any atom is -0.348 e. The molecule has 2 amide bonds. The topological polar surface area (TPSA) is 85.4 Å². The zero-order chi connectivity index (χ0) is 15.4. The van der Waals surface area contributed by atoms with Crippen LogP contribution in [0.2, 0.25) is 0 Å². The molecule has 2 rings (SSSR count). The van der Waals surface area contributed by atoms with E-state index in [1.54, 1.807) is 23.9 Å². The summed E-state index contributed by atoms with van der Waals surface area (Å²) in [5, 5.41) is 6.70. The Hall–Kier alpha value is -1.96. The molecule has 116 valence electrons. The summed E-state index contributed by atoms with van der Waals surface area (Å²) in [6, 6.07) is 0. The van der Waals surface area contributed by atoms with Crippen LogP contribution in [0.4, 0.5) is 0 Å². The molecule has 0 bridgehead atoms. The van der Waals surface area contributed by atoms with Crippen molar-refractivity contribution in [2.75, 3.05) is 46.8 Å². The molecule has 8 heteroatoms. The van der Waals surface area contributed by atoms with Gasteiger partial charge in [-0.15, -0.1) is 5.10 Å². The summed E-state index contributed by atoms with van der Waals surface area (Å²) in [5.74, 6) is 0.874. The fourth-order valence-corrected chi connectivity index (χ4v) is 2.13. The highest BCUT2D eigenvalue weighted by atomic mass is 16.2. The molecule has 0 spiro atoms. The monoisotopic (exact) mass is 294 g/mol. The summed E-state index contributed by atoms with van der Waals surface area (Å²) in [7, 11) is 3.49. The van der Waals surface area contributed by atoms with Crippen molar-refractivity contribution in [3.63, 3.8) is 0 Å². The summed E-state index contributed by atoms with van der Waals surface area (Å²) in [6.45, 7) is 4.92. The Kier molecular flexibility index (Phi) is 4.89. The Morgan fingerprint density at radius 3 is 2.43 bits per heavy atom. The van der Waals surface area contributed by atoms with E-state index in [9.17, 15) is 9.59 Å². The molecule has 0 atom stereocenters. The minimum absolute atomic E-state index is 0.0799. The number of carbonyl (C=O) groups is 2. The van der Waals surface area contributed by atoms with Crippen LogP contribution in [0.1, 0.15) is 23.4 Å². The van der Waals surface area contributed by atoms with Gasteiger partial charge in [-0.2, -0.15) is 0 Å². The van der Waals surface area contributed by atoms with Crippen molar-refractivity contribution in [3.8, 4) is 0 Å². The summed E-state index contributed by atoms with van der Waals surface area (Å²) >= 11 is 0. The van der Waals surface area contributed by atoms with Gasteiger partial charge in [0.15, 0.2) is 0 Å². The first-order valence-corrected chi connectivity index (χ1v) is 7.14. The normalized spacial score (nSPS) is 16.0. The molecule has 1 saturated heterocycles. The summed E-state index contributed by atoms with van der Waals surface area (Å²) in [5.41, 5.74) is 0. The average Bonchev–Trinajstić information content (AvgIpc) is 2.96. The third kappa shape index (κ3) is 3.78. The molecule has 2 heterocycles. The van der Waals surface area contributed by atoms with Crippen molar-refractivity contribution in [1.82, 2.24) is 29.9 Å². The van der Waals surface area contributed by atoms with Crippen LogP contribution >= 0.6 is 0 Å². The van der Waals surface area contributed by atoms with Crippen LogP contribution in [0.3, 0.4) is 0 Å². The molecular weight excluding hydrogens is 272 g/mol. The van der Waals surface area contributed by atoms with E-state index in [-0.39, 0.29) is 17.6 Å². The van der Waals surface area contributed by atoms with E-state index in [0.29, 0.717) is 38.5 Å². The van der Waals surface area contributed by atoms with Crippen molar-refractivity contribution >= 4 is 11.8 Å². The first-order valence-electron chi connectivity index (χ1n) is 7.14. The molecular formula is C13H22N6O2. The molecule has 1 aliphatic heterocycles. The Morgan fingerprint density at radius 1 is 1.24 bits per heavy atom. The molecule has 1 aliphatic rings. The quantitative estimate of drug-likeness (QED) is 0.787. The highest BCUT2D eigenvalue weighted by Crippen LogP contribution is 2.06. The first-order chi connectivity index (χ1) is 10.0. The molecule has 1 fully saturated rings. The average molecular weight is 294 g/mol. The second-order valence-corrected chi connectivity index (χ2v) is 5.32. The molecule has 0 radical (unpaired) electrons. The fourth-order valence-electron chi connectivity index (χ4n) is 2.13. The van der Waals surface area contributed by atoms with E-state index >= 15 is 0 Å². The molecule has 21 heavy (non-hydrogen) atoms. The molecule has 0 aromatic carbocycles. The lowest BCUT2D eigenvalue weighted by molar-refractivity contribution is -0.130. The van der Waals surface area contributed by atoms with Crippen molar-refractivity contribution in [2.45, 2.75) is 13.3 Å². The number of likely N-dealkylation sites (N-methyl/N-ethyl adjacent to an activating group) is 1. The molecule has 8 nitrogen and oxygen atoms in total. The lowest BCUT2D eigenvalue weighted by atomic mass is 10.3. The van der Waals surface area contributed by atoms with Gasteiger partial charge in [0.05, 0.1) is 6.54 Å². The van der Waals surface area contributed by atoms with Gasteiger partial charge in [-0.05, 0) is 0 Å². The number of nitrogens with zero attached hydrogens (tertiary/aromatic N) is 5. The van der Waals surface area contributed by atoms with Crippen LogP contribution in [-0.2, 0) is 11.2 Å². The predicted molar refractivity (Wildman–Crippen MR) is 76.8 cm³/mol. The van der Waals surface area contributed by atoms with Gasteiger partial charge < -0.3 is 9.80 Å². The minimum atomic E-state index is -0.149. The lowest BCUT2D eigenvalue weighted by Crippen LogP contribution is -2.51. The molecule has 0 aliphatic carbocycles. The number of nitrogens with one attached hydrogen (secondary N) is 1. The van der Waals surface area contributed by atoms with E-state index < -0.39 is 0 Å². The zero-order valence-electron chi connectivity index (χ0n) is 12.8. The lowest BCUT2D eigenvalue weighted by Gasteiger charge is -2.34. The van der Waals surface area contributed by atoms with Gasteiger partial charge >= 0.3 is 0 Å². The molecule has 1 N–H and O–H groups in total. The Morgan fingerprint density at radius 2 is 1.90 bits per heavy atom. The summed E-state index contributed by atoms with van der Waals surface area (Å²) in [4.78, 5) is 33.5. The highest BCUT2D eigenvalue weighted by Gasteiger charge is 2.25. The second-order valence-electron chi connectivity index (χ2n) is 5.32. The van der Waals surface area contributed by atoms with Crippen LogP contribution < -0.4 is 0 Å². The SMILES string of the molecule is CCc1nc(C(=O)N2CCN(CC(=O)N(C)C)CC2)n[nH]1. The van der Waals surface area contributed by atoms with E-state index in [0.717, 1.165) is 6.42 Å². The number of aromatic amines is 1. The van der Waals surface area contributed by atoms with E-state index in [2.05, 4.69) is 20.1 Å². The van der Waals surface area contributed by atoms with E-state index in [4.69, 9.17) is 0 Å². The van der Waals surface area contributed by atoms with Gasteiger partial charge in [0.1, 0.15) is 5.82 Å². The molecule has 1 aromatic heterocycles. The Labute approximate surface area is 124 Å². The van der Waals surface area contributed by atoms with E-state index in [1.807, 2.05) is 6.92 Å². The maximum Gasteiger partial charge on any atom is 0.293 e. The van der Waals surface area contributed by atoms with Crippen molar-refractivity contribution in [3.05, 3.63) is 11.6 Å². The number of piperazine rings is 1. The number of carbonyl (C=O) groups excluding carboxylic acids is 2. The first kappa shape index (κ1) is 15.4. The van der Waals surface area contributed by atoms with Crippen LogP contribution in [-0.4, -0.2) is 88.5 Å². The third-order valence-corrected chi connectivity index (χ3v) is 3.58. The molecule has 0 unspecified atom stereocenters. The Balaban J connectivity index is 1.86. The number of hydrogen-bond acceptors (Lipinski definition) is 5. The van der Waals surface area contributed by atoms with Gasteiger partial charge in [0.25, 0.3) is 5.91 Å². The van der Waals surface area contributed by atoms with Gasteiger partial charge in [-0.3, -0.25) is 19.6 Å². The van der Waals surface area contributed by atoms with Gasteiger partial charge in [0.2, 0.25) is 11.7 Å². The van der Waals surface area contributed by atoms with Gasteiger partial charge in [-0.25, -0.2) is 4.98 Å². The zero-order valence-corrected chi connectivity index (χ0v) is 12.8. The number of hydrogen-bond donors (Lipinski definition) is 1. The Bertz CT molecular complexity index is 505. The van der Waals surface area contributed by atoms with Gasteiger partial charge in [0, 0.05) is 46.7 Å². The second kappa shape index (κ2) is 6.66. The van der Waals surface area contributed by atoms with Gasteiger partial charge in [-0.1, -0.05) is 6.92 Å². The molecule has 0 saturated carbocycles. The predicted octanol–water partition coefficient (Wildman–Crippen LogP) is -0.787. The standard InChI is InChI=1S/C13H22N6O2/c1-4-10-14-12(16-15-10)13(21)19-7-5-18(6-8-19)9-11(20)17(2)3/h4-9H2,1-3H3,(H,14,15,16). The van der Waals surface area contributed by atoms with Crippen molar-refractivity contribution < 1.29 is 9.59 Å². The number of aryl methyl sites for hydroxylation is 1. The van der Waals surface area contributed by atoms with Crippen LogP contribution in [0.15, 0.2) is 0 Å². The fraction of sp³-hybridized carbons (Fsp3) is 0.692. The summed E-state index contributed by atoms with van der Waals surface area (Å²) < 4.78 is 0. The maximum atomic E-state index is 12.3. The molecule has 1 aromatic rings. The smallest absolute Gasteiger partial charge is 0.293 e. The maximum absolute atomic E-state index is 12.3. The van der Waals surface area contributed by atoms with Crippen molar-refractivity contribution in [1.29, 1.82) is 0 Å². The van der Waals surface area contributed by atoms with Crippen LogP contribution in [0, 0.1) is 0 Å². The third-order valence-electron chi connectivity index (χ3n) is 3.58. The van der Waals surface area contributed by atoms with E-state index in [1.165, 1.54) is 0 Å². The van der Waals surface area contributed by atoms with Crippen LogP contribution in [0.25, 0.3) is 0 Å². The highest BCUT2D eigenvalue weighted by molar-refractivity contribution is 5.90. The number of aromatic nitrogens is 3.